The van der Waals surface area contributed by atoms with Gasteiger partial charge in [-0.15, -0.1) is 0 Å². The predicted molar refractivity (Wildman–Crippen MR) is 63.9 cm³/mol. The van der Waals surface area contributed by atoms with Crippen molar-refractivity contribution in [3.63, 3.8) is 0 Å². The average molecular weight is 247 g/mol. The number of carbonyl (C=O) groups excluding carboxylic acids is 1. The number of benzene rings is 1. The number of aliphatic hydroxyl groups excluding tert-OH is 1. The van der Waals surface area contributed by atoms with E-state index in [0.717, 1.165) is 5.56 Å². The summed E-state index contributed by atoms with van der Waals surface area (Å²) in [6.07, 6.45) is 0.119. The molecule has 1 aromatic carbocycles. The molecule has 1 atom stereocenters. The Labute approximate surface area is 104 Å². The molecule has 1 amide bonds. The van der Waals surface area contributed by atoms with Crippen molar-refractivity contribution in [3.05, 3.63) is 47.2 Å². The van der Waals surface area contributed by atoms with Gasteiger partial charge in [-0.2, -0.15) is 0 Å². The lowest BCUT2D eigenvalue weighted by Gasteiger charge is -2.32. The molecule has 0 radical (unpaired) electrons. The highest BCUT2D eigenvalue weighted by molar-refractivity contribution is 6.16. The minimum atomic E-state index is -1.39. The number of aliphatic carboxylic acids is 1. The Morgan fingerprint density at radius 2 is 1.94 bits per heavy atom. The first-order valence-corrected chi connectivity index (χ1v) is 5.50. The van der Waals surface area contributed by atoms with Crippen LogP contribution in [0.15, 0.2) is 41.7 Å². The Kier molecular flexibility index (Phi) is 3.06. The molecule has 0 spiro atoms. The fraction of sp³-hybridized carbons (Fsp3) is 0.231. The second-order valence-corrected chi connectivity index (χ2v) is 4.17. The summed E-state index contributed by atoms with van der Waals surface area (Å²) in [4.78, 5) is 24.1. The van der Waals surface area contributed by atoms with Crippen LogP contribution in [-0.2, 0) is 9.59 Å². The van der Waals surface area contributed by atoms with Crippen molar-refractivity contribution in [3.8, 4) is 0 Å². The molecule has 94 valence electrons. The maximum Gasteiger partial charge on any atom is 0.344 e. The van der Waals surface area contributed by atoms with Crippen LogP contribution >= 0.6 is 0 Å². The highest BCUT2D eigenvalue weighted by atomic mass is 16.4. The molecule has 0 aliphatic carbocycles. The predicted octanol–water partition coefficient (Wildman–Crippen LogP) is 1.49. The summed E-state index contributed by atoms with van der Waals surface area (Å²) in [6.45, 7) is 0. The standard InChI is InChI=1S/C13H13NO4/c1-14-9(8-5-3-2-4-6-8)7-10(15)11(12(14)16)13(17)18/h2-6,9,15H,7H2,1H3,(H,17,18). The molecule has 0 saturated carbocycles. The van der Waals surface area contributed by atoms with E-state index in [1.54, 1.807) is 0 Å². The van der Waals surface area contributed by atoms with Crippen LogP contribution in [0.1, 0.15) is 18.0 Å². The van der Waals surface area contributed by atoms with Gasteiger partial charge in [-0.05, 0) is 5.56 Å². The van der Waals surface area contributed by atoms with Crippen molar-refractivity contribution >= 4 is 11.9 Å². The van der Waals surface area contributed by atoms with Crippen molar-refractivity contribution in [2.75, 3.05) is 7.05 Å². The van der Waals surface area contributed by atoms with Gasteiger partial charge >= 0.3 is 5.97 Å². The lowest BCUT2D eigenvalue weighted by molar-refractivity contribution is -0.139. The largest absolute Gasteiger partial charge is 0.511 e. The first-order chi connectivity index (χ1) is 8.52. The minimum absolute atomic E-state index is 0.119. The molecule has 1 aromatic rings. The van der Waals surface area contributed by atoms with Crippen LogP contribution in [0, 0.1) is 0 Å². The van der Waals surface area contributed by atoms with Gasteiger partial charge in [0.2, 0.25) is 0 Å². The number of hydrogen-bond acceptors (Lipinski definition) is 3. The van der Waals surface area contributed by atoms with Crippen molar-refractivity contribution in [1.82, 2.24) is 4.90 Å². The molecule has 0 aromatic heterocycles. The van der Waals surface area contributed by atoms with Gasteiger partial charge in [0.15, 0.2) is 5.57 Å². The summed E-state index contributed by atoms with van der Waals surface area (Å²) >= 11 is 0. The second kappa shape index (κ2) is 4.52. The number of hydrogen-bond donors (Lipinski definition) is 2. The molecular weight excluding hydrogens is 234 g/mol. The Bertz CT molecular complexity index is 521. The second-order valence-electron chi connectivity index (χ2n) is 4.17. The number of aliphatic hydroxyl groups is 1. The highest BCUT2D eigenvalue weighted by Crippen LogP contribution is 2.32. The molecule has 5 heteroatoms. The van der Waals surface area contributed by atoms with E-state index in [2.05, 4.69) is 0 Å². The van der Waals surface area contributed by atoms with Gasteiger partial charge in [0.25, 0.3) is 5.91 Å². The van der Waals surface area contributed by atoms with Crippen LogP contribution < -0.4 is 0 Å². The fourth-order valence-electron chi connectivity index (χ4n) is 2.10. The number of amides is 1. The number of rotatable bonds is 2. The van der Waals surface area contributed by atoms with Gasteiger partial charge in [-0.25, -0.2) is 4.79 Å². The highest BCUT2D eigenvalue weighted by Gasteiger charge is 2.36. The SMILES string of the molecule is CN1C(=O)C(C(=O)O)=C(O)CC1c1ccccc1. The van der Waals surface area contributed by atoms with E-state index in [-0.39, 0.29) is 18.2 Å². The first kappa shape index (κ1) is 12.2. The third kappa shape index (κ3) is 1.95. The van der Waals surface area contributed by atoms with Crippen LogP contribution in [0.3, 0.4) is 0 Å². The van der Waals surface area contributed by atoms with Crippen molar-refractivity contribution < 1.29 is 19.8 Å². The number of carboxylic acids is 1. The third-order valence-electron chi connectivity index (χ3n) is 3.08. The zero-order valence-electron chi connectivity index (χ0n) is 9.83. The van der Waals surface area contributed by atoms with E-state index in [0.29, 0.717) is 0 Å². The average Bonchev–Trinajstić information content (AvgIpc) is 2.34. The van der Waals surface area contributed by atoms with Gasteiger partial charge in [0, 0.05) is 13.5 Å². The van der Waals surface area contributed by atoms with Gasteiger partial charge in [-0.3, -0.25) is 4.79 Å². The summed E-state index contributed by atoms with van der Waals surface area (Å²) < 4.78 is 0. The lowest BCUT2D eigenvalue weighted by Crippen LogP contribution is -2.39. The molecule has 2 N–H and O–H groups in total. The minimum Gasteiger partial charge on any atom is -0.511 e. The molecule has 0 fully saturated rings. The van der Waals surface area contributed by atoms with Crippen molar-refractivity contribution in [2.24, 2.45) is 0 Å². The number of nitrogens with zero attached hydrogens (tertiary/aromatic N) is 1. The maximum atomic E-state index is 11.9. The Hall–Kier alpha value is -2.30. The fourth-order valence-corrected chi connectivity index (χ4v) is 2.10. The van der Waals surface area contributed by atoms with E-state index in [1.807, 2.05) is 30.3 Å². The third-order valence-corrected chi connectivity index (χ3v) is 3.08. The summed E-state index contributed by atoms with van der Waals surface area (Å²) in [6, 6.07) is 8.87. The summed E-state index contributed by atoms with van der Waals surface area (Å²) in [7, 11) is 1.54. The van der Waals surface area contributed by atoms with E-state index < -0.39 is 17.4 Å². The monoisotopic (exact) mass is 247 g/mol. The zero-order chi connectivity index (χ0) is 13.3. The molecule has 18 heavy (non-hydrogen) atoms. The van der Waals surface area contributed by atoms with E-state index in [9.17, 15) is 14.7 Å². The molecular formula is C13H13NO4. The summed E-state index contributed by atoms with van der Waals surface area (Å²) in [5.74, 6) is -2.42. The van der Waals surface area contributed by atoms with Crippen LogP contribution in [0.4, 0.5) is 0 Å². The molecule has 1 aliphatic rings. The van der Waals surface area contributed by atoms with Crippen LogP contribution in [-0.4, -0.2) is 34.0 Å². The molecule has 0 saturated heterocycles. The van der Waals surface area contributed by atoms with Crippen molar-refractivity contribution in [2.45, 2.75) is 12.5 Å². The molecule has 0 bridgehead atoms. The van der Waals surface area contributed by atoms with E-state index >= 15 is 0 Å². The maximum absolute atomic E-state index is 11.9. The Morgan fingerprint density at radius 3 is 2.50 bits per heavy atom. The molecule has 1 aliphatic heterocycles. The van der Waals surface area contributed by atoms with Gasteiger partial charge in [-0.1, -0.05) is 30.3 Å². The Morgan fingerprint density at radius 1 is 1.33 bits per heavy atom. The summed E-state index contributed by atoms with van der Waals surface area (Å²) in [5, 5.41) is 18.6. The van der Waals surface area contributed by atoms with E-state index in [4.69, 9.17) is 5.11 Å². The summed E-state index contributed by atoms with van der Waals surface area (Å²) in [5.41, 5.74) is 0.328. The van der Waals surface area contributed by atoms with E-state index in [1.165, 1.54) is 11.9 Å². The van der Waals surface area contributed by atoms with Crippen LogP contribution in [0.25, 0.3) is 0 Å². The zero-order valence-corrected chi connectivity index (χ0v) is 9.83. The molecule has 1 heterocycles. The molecule has 1 unspecified atom stereocenters. The quantitative estimate of drug-likeness (QED) is 0.776. The molecule has 2 rings (SSSR count). The Balaban J connectivity index is 2.40. The number of carbonyl (C=O) groups is 2. The smallest absolute Gasteiger partial charge is 0.344 e. The van der Waals surface area contributed by atoms with Gasteiger partial charge in [0.1, 0.15) is 5.76 Å². The normalized spacial score (nSPS) is 20.2. The van der Waals surface area contributed by atoms with Crippen LogP contribution in [0.2, 0.25) is 0 Å². The first-order valence-electron chi connectivity index (χ1n) is 5.50. The number of likely N-dealkylation sites (N-methyl/N-ethyl adjacent to an activating group) is 1. The van der Waals surface area contributed by atoms with Gasteiger partial charge < -0.3 is 15.1 Å². The molecule has 5 nitrogen and oxygen atoms in total. The van der Waals surface area contributed by atoms with Crippen LogP contribution in [0.5, 0.6) is 0 Å². The lowest BCUT2D eigenvalue weighted by atomic mass is 9.94. The van der Waals surface area contributed by atoms with Gasteiger partial charge in [0.05, 0.1) is 6.04 Å². The number of carboxylic acid groups (broad SMARTS) is 1. The van der Waals surface area contributed by atoms with Crippen molar-refractivity contribution in [1.29, 1.82) is 0 Å². The topological polar surface area (TPSA) is 77.8 Å².